The number of hydrogen-bond acceptors (Lipinski definition) is 4. The van der Waals surface area contributed by atoms with Crippen LogP contribution in [-0.4, -0.2) is 40.4 Å². The van der Waals surface area contributed by atoms with E-state index in [2.05, 4.69) is 56.8 Å². The minimum absolute atomic E-state index is 0.442. The molecule has 0 fully saturated rings. The molecule has 0 spiro atoms. The molecule has 0 saturated heterocycles. The largest absolute Gasteiger partial charge is 0.357 e. The summed E-state index contributed by atoms with van der Waals surface area (Å²) in [5.41, 5.74) is 0. The van der Waals surface area contributed by atoms with Crippen LogP contribution in [0, 0.1) is 0 Å². The monoisotopic (exact) mass is 374 g/mol. The third-order valence-corrected chi connectivity index (χ3v) is 5.83. The van der Waals surface area contributed by atoms with Gasteiger partial charge in [-0.2, -0.15) is 0 Å². The van der Waals surface area contributed by atoms with Gasteiger partial charge in [-0.3, -0.25) is 4.99 Å². The molecule has 142 valence electrons. The highest BCUT2D eigenvalue weighted by Gasteiger charge is 2.14. The van der Waals surface area contributed by atoms with E-state index in [0.29, 0.717) is 5.92 Å². The summed E-state index contributed by atoms with van der Waals surface area (Å²) in [7, 11) is 0. The second kappa shape index (κ2) is 9.71. The summed E-state index contributed by atoms with van der Waals surface area (Å²) in [5, 5.41) is 17.7. The zero-order valence-electron chi connectivity index (χ0n) is 15.9. The van der Waals surface area contributed by atoms with Gasteiger partial charge in [-0.25, -0.2) is 0 Å². The first-order chi connectivity index (χ1) is 12.8. The van der Waals surface area contributed by atoms with Crippen molar-refractivity contribution in [3.8, 4) is 0 Å². The molecular weight excluding hydrogens is 344 g/mol. The Balaban J connectivity index is 1.52. The van der Waals surface area contributed by atoms with Crippen LogP contribution in [0.2, 0.25) is 0 Å². The van der Waals surface area contributed by atoms with E-state index >= 15 is 0 Å². The van der Waals surface area contributed by atoms with Crippen LogP contribution in [0.25, 0.3) is 0 Å². The lowest BCUT2D eigenvalue weighted by atomic mass is 10.1. The molecule has 0 bridgehead atoms. The van der Waals surface area contributed by atoms with Crippen molar-refractivity contribution in [2.24, 2.45) is 4.99 Å². The Morgan fingerprint density at radius 2 is 2.23 bits per heavy atom. The van der Waals surface area contributed by atoms with Crippen molar-refractivity contribution in [3.63, 3.8) is 0 Å². The summed E-state index contributed by atoms with van der Waals surface area (Å²) in [4.78, 5) is 6.13. The van der Waals surface area contributed by atoms with Gasteiger partial charge in [0.15, 0.2) is 5.96 Å². The molecule has 0 amide bonds. The van der Waals surface area contributed by atoms with Crippen LogP contribution >= 0.6 is 11.3 Å². The minimum atomic E-state index is 0.442. The van der Waals surface area contributed by atoms with Crippen LogP contribution < -0.4 is 10.6 Å². The molecule has 1 unspecified atom stereocenters. The topological polar surface area (TPSA) is 67.1 Å². The smallest absolute Gasteiger partial charge is 0.191 e. The van der Waals surface area contributed by atoms with Crippen molar-refractivity contribution >= 4 is 17.3 Å². The standard InChI is InChI=1S/C19H30N6S/c1-3-20-19(22-14-15(2)16-8-7-13-26-16)21-11-10-18-24-23-17-9-5-4-6-12-25(17)18/h7-8,13,15H,3-6,9-12,14H2,1-2H3,(H2,20,21,22). The number of aromatic nitrogens is 3. The number of rotatable bonds is 7. The molecule has 6 nitrogen and oxygen atoms in total. The molecule has 2 aromatic rings. The summed E-state index contributed by atoms with van der Waals surface area (Å²) < 4.78 is 2.32. The lowest BCUT2D eigenvalue weighted by Crippen LogP contribution is -2.38. The van der Waals surface area contributed by atoms with E-state index in [9.17, 15) is 0 Å². The van der Waals surface area contributed by atoms with Crippen molar-refractivity contribution in [3.05, 3.63) is 34.0 Å². The Morgan fingerprint density at radius 1 is 1.31 bits per heavy atom. The number of hydrogen-bond donors (Lipinski definition) is 2. The summed E-state index contributed by atoms with van der Waals surface area (Å²) >= 11 is 1.80. The van der Waals surface area contributed by atoms with Crippen LogP contribution in [0.3, 0.4) is 0 Å². The van der Waals surface area contributed by atoms with E-state index in [1.165, 1.54) is 24.1 Å². The Bertz CT molecular complexity index is 691. The molecule has 1 aliphatic heterocycles. The molecule has 1 aliphatic rings. The highest BCUT2D eigenvalue weighted by atomic mass is 32.1. The van der Waals surface area contributed by atoms with Crippen LogP contribution in [-0.2, 0) is 19.4 Å². The van der Waals surface area contributed by atoms with Gasteiger partial charge in [0.1, 0.15) is 11.6 Å². The SMILES string of the molecule is CCNC(=NCC(C)c1cccs1)NCCc1nnc2n1CCCCC2. The van der Waals surface area contributed by atoms with E-state index in [4.69, 9.17) is 4.99 Å². The van der Waals surface area contributed by atoms with E-state index in [-0.39, 0.29) is 0 Å². The van der Waals surface area contributed by atoms with Gasteiger partial charge in [-0.15, -0.1) is 21.5 Å². The van der Waals surface area contributed by atoms with Gasteiger partial charge in [0, 0.05) is 43.3 Å². The van der Waals surface area contributed by atoms with Crippen molar-refractivity contribution < 1.29 is 0 Å². The van der Waals surface area contributed by atoms with Crippen molar-refractivity contribution in [2.75, 3.05) is 19.6 Å². The fraction of sp³-hybridized carbons (Fsp3) is 0.632. The van der Waals surface area contributed by atoms with Crippen LogP contribution in [0.1, 0.15) is 55.6 Å². The highest BCUT2D eigenvalue weighted by Crippen LogP contribution is 2.20. The molecule has 3 rings (SSSR count). The van der Waals surface area contributed by atoms with E-state index < -0.39 is 0 Å². The average Bonchev–Trinajstić information content (AvgIpc) is 3.25. The third-order valence-electron chi connectivity index (χ3n) is 4.72. The van der Waals surface area contributed by atoms with Crippen molar-refractivity contribution in [1.29, 1.82) is 0 Å². The predicted octanol–water partition coefficient (Wildman–Crippen LogP) is 2.97. The first kappa shape index (κ1) is 18.9. The second-order valence-electron chi connectivity index (χ2n) is 6.81. The van der Waals surface area contributed by atoms with E-state index in [0.717, 1.165) is 56.6 Å². The fourth-order valence-corrected chi connectivity index (χ4v) is 4.03. The third kappa shape index (κ3) is 5.06. The quantitative estimate of drug-likeness (QED) is 0.578. The molecule has 1 atom stereocenters. The lowest BCUT2D eigenvalue weighted by Gasteiger charge is -2.13. The van der Waals surface area contributed by atoms with Crippen molar-refractivity contribution in [1.82, 2.24) is 25.4 Å². The maximum Gasteiger partial charge on any atom is 0.191 e. The van der Waals surface area contributed by atoms with Gasteiger partial charge in [0.25, 0.3) is 0 Å². The van der Waals surface area contributed by atoms with Crippen LogP contribution in [0.15, 0.2) is 22.5 Å². The number of fused-ring (bicyclic) bond motifs is 1. The number of nitrogens with zero attached hydrogens (tertiary/aromatic N) is 4. The van der Waals surface area contributed by atoms with Crippen LogP contribution in [0.5, 0.6) is 0 Å². The van der Waals surface area contributed by atoms with Gasteiger partial charge in [-0.05, 0) is 31.2 Å². The maximum absolute atomic E-state index is 4.75. The molecule has 26 heavy (non-hydrogen) atoms. The zero-order valence-corrected chi connectivity index (χ0v) is 16.7. The molecule has 3 heterocycles. The summed E-state index contributed by atoms with van der Waals surface area (Å²) in [6, 6.07) is 4.29. The maximum atomic E-state index is 4.75. The highest BCUT2D eigenvalue weighted by molar-refractivity contribution is 7.10. The lowest BCUT2D eigenvalue weighted by molar-refractivity contribution is 0.600. The van der Waals surface area contributed by atoms with Crippen molar-refractivity contribution in [2.45, 2.75) is 58.4 Å². The molecule has 2 N–H and O–H groups in total. The average molecular weight is 375 g/mol. The Kier molecular flexibility index (Phi) is 7.05. The first-order valence-corrected chi connectivity index (χ1v) is 10.6. The molecule has 7 heteroatoms. The van der Waals surface area contributed by atoms with Gasteiger partial charge in [0.2, 0.25) is 0 Å². The molecule has 0 aliphatic carbocycles. The molecular formula is C19H30N6S. The predicted molar refractivity (Wildman–Crippen MR) is 108 cm³/mol. The molecule has 0 saturated carbocycles. The fourth-order valence-electron chi connectivity index (χ4n) is 3.25. The normalized spacial score (nSPS) is 16.0. The van der Waals surface area contributed by atoms with Gasteiger partial charge in [-0.1, -0.05) is 19.4 Å². The number of thiophene rings is 1. The Labute approximate surface area is 160 Å². The number of guanidine groups is 1. The Hall–Kier alpha value is -1.89. The van der Waals surface area contributed by atoms with Gasteiger partial charge >= 0.3 is 0 Å². The molecule has 2 aromatic heterocycles. The summed E-state index contributed by atoms with van der Waals surface area (Å²) in [5.74, 6) is 3.57. The molecule has 0 radical (unpaired) electrons. The molecule has 0 aromatic carbocycles. The first-order valence-electron chi connectivity index (χ1n) is 9.74. The summed E-state index contributed by atoms with van der Waals surface area (Å²) in [6.45, 7) is 7.85. The number of nitrogens with one attached hydrogen (secondary N) is 2. The van der Waals surface area contributed by atoms with E-state index in [1.807, 2.05) is 0 Å². The minimum Gasteiger partial charge on any atom is -0.357 e. The number of aliphatic imine (C=N–C) groups is 1. The Morgan fingerprint density at radius 3 is 3.04 bits per heavy atom. The van der Waals surface area contributed by atoms with E-state index in [1.54, 1.807) is 11.3 Å². The van der Waals surface area contributed by atoms with Gasteiger partial charge in [0.05, 0.1) is 6.54 Å². The second-order valence-corrected chi connectivity index (χ2v) is 7.79. The van der Waals surface area contributed by atoms with Gasteiger partial charge < -0.3 is 15.2 Å². The summed E-state index contributed by atoms with van der Waals surface area (Å²) in [6.07, 6.45) is 5.69. The van der Waals surface area contributed by atoms with Crippen LogP contribution in [0.4, 0.5) is 0 Å². The number of aryl methyl sites for hydroxylation is 1. The zero-order chi connectivity index (χ0) is 18.2.